The molecule has 7 nitrogen and oxygen atoms in total. The zero-order valence-corrected chi connectivity index (χ0v) is 20.2. The molecule has 3 aromatic rings. The molecule has 0 radical (unpaired) electrons. The fourth-order valence-electron chi connectivity index (χ4n) is 4.01. The number of ether oxygens (including phenoxy) is 4. The third kappa shape index (κ3) is 6.78. The van der Waals surface area contributed by atoms with Crippen LogP contribution in [0.1, 0.15) is 32.7 Å². The van der Waals surface area contributed by atoms with Crippen LogP contribution in [0.15, 0.2) is 104 Å². The number of carbonyl (C=O) groups excluding carboxylic acids is 3. The Morgan fingerprint density at radius 3 is 2.03 bits per heavy atom. The van der Waals surface area contributed by atoms with Gasteiger partial charge in [0.25, 0.3) is 0 Å². The van der Waals surface area contributed by atoms with Crippen molar-refractivity contribution in [3.05, 3.63) is 120 Å². The number of Topliss-reactive ketones (excluding diaryl/α,β-unsaturated/α-hetero) is 1. The van der Waals surface area contributed by atoms with E-state index in [0.29, 0.717) is 11.1 Å². The van der Waals surface area contributed by atoms with Crippen LogP contribution in [0.4, 0.5) is 0 Å². The van der Waals surface area contributed by atoms with Gasteiger partial charge in [0, 0.05) is 0 Å². The molecule has 1 unspecified atom stereocenters. The van der Waals surface area contributed by atoms with Crippen LogP contribution >= 0.6 is 0 Å². The SMILES string of the molecule is C=CC[C@@H]1O[C@H](C(COC(=O)c2ccccc2)OC(=O)c2ccccc2)[C@H](OCc2ccccc2)C1=O. The van der Waals surface area contributed by atoms with Crippen molar-refractivity contribution in [2.24, 2.45) is 0 Å². The molecule has 1 aliphatic rings. The van der Waals surface area contributed by atoms with Crippen molar-refractivity contribution in [2.75, 3.05) is 6.61 Å². The smallest absolute Gasteiger partial charge is 0.338 e. The van der Waals surface area contributed by atoms with Gasteiger partial charge in [0.05, 0.1) is 17.7 Å². The van der Waals surface area contributed by atoms with E-state index in [1.54, 1.807) is 66.7 Å². The largest absolute Gasteiger partial charge is 0.458 e. The first-order valence-electron chi connectivity index (χ1n) is 12.0. The molecule has 0 bridgehead atoms. The molecule has 37 heavy (non-hydrogen) atoms. The second-order valence-corrected chi connectivity index (χ2v) is 8.51. The lowest BCUT2D eigenvalue weighted by Crippen LogP contribution is -2.44. The number of carbonyl (C=O) groups is 3. The van der Waals surface area contributed by atoms with Gasteiger partial charge >= 0.3 is 11.9 Å². The molecule has 1 heterocycles. The summed E-state index contributed by atoms with van der Waals surface area (Å²) >= 11 is 0. The molecular weight excluding hydrogens is 472 g/mol. The first kappa shape index (κ1) is 26.0. The van der Waals surface area contributed by atoms with Crippen LogP contribution in [0, 0.1) is 0 Å². The van der Waals surface area contributed by atoms with Crippen molar-refractivity contribution in [3.8, 4) is 0 Å². The van der Waals surface area contributed by atoms with Crippen LogP contribution in [0.2, 0.25) is 0 Å². The maximum atomic E-state index is 13.2. The second-order valence-electron chi connectivity index (χ2n) is 8.51. The average molecular weight is 501 g/mol. The average Bonchev–Trinajstić information content (AvgIpc) is 3.25. The Morgan fingerprint density at radius 1 is 0.865 bits per heavy atom. The molecule has 0 saturated carbocycles. The second kappa shape index (κ2) is 12.8. The summed E-state index contributed by atoms with van der Waals surface area (Å²) in [5, 5.41) is 0. The van der Waals surface area contributed by atoms with Gasteiger partial charge in [0.15, 0.2) is 11.9 Å². The standard InChI is InChI=1S/C30H28O7/c1-2-12-24-26(31)28(34-19-21-13-6-3-7-14-21)27(36-24)25(37-30(33)23-17-10-5-11-18-23)20-35-29(32)22-15-8-4-9-16-22/h2-11,13-18,24-25,27-28H,1,12,19-20H2/t24-,25?,27+,28+/m0/s1. The zero-order chi connectivity index (χ0) is 26.0. The summed E-state index contributed by atoms with van der Waals surface area (Å²) in [5.41, 5.74) is 1.53. The van der Waals surface area contributed by atoms with E-state index in [2.05, 4.69) is 6.58 Å². The molecule has 0 amide bonds. The minimum absolute atomic E-state index is 0.154. The van der Waals surface area contributed by atoms with Gasteiger partial charge in [-0.25, -0.2) is 9.59 Å². The van der Waals surface area contributed by atoms with Crippen LogP contribution in [0.25, 0.3) is 0 Å². The van der Waals surface area contributed by atoms with Crippen molar-refractivity contribution < 1.29 is 33.3 Å². The van der Waals surface area contributed by atoms with Gasteiger partial charge in [-0.2, -0.15) is 0 Å². The maximum absolute atomic E-state index is 13.2. The molecule has 0 N–H and O–H groups in total. The Labute approximate surface area is 215 Å². The van der Waals surface area contributed by atoms with Crippen LogP contribution in [-0.2, 0) is 30.3 Å². The molecule has 1 aliphatic heterocycles. The van der Waals surface area contributed by atoms with Crippen molar-refractivity contribution >= 4 is 17.7 Å². The van der Waals surface area contributed by atoms with Gasteiger partial charge in [-0.15, -0.1) is 6.58 Å². The number of rotatable bonds is 11. The van der Waals surface area contributed by atoms with Gasteiger partial charge in [-0.3, -0.25) is 4.79 Å². The van der Waals surface area contributed by atoms with E-state index in [1.807, 2.05) is 30.3 Å². The predicted molar refractivity (Wildman–Crippen MR) is 136 cm³/mol. The van der Waals surface area contributed by atoms with Crippen LogP contribution < -0.4 is 0 Å². The lowest BCUT2D eigenvalue weighted by atomic mass is 10.0. The summed E-state index contributed by atoms with van der Waals surface area (Å²) in [4.78, 5) is 38.8. The minimum Gasteiger partial charge on any atom is -0.458 e. The van der Waals surface area contributed by atoms with E-state index in [9.17, 15) is 14.4 Å². The van der Waals surface area contributed by atoms with Gasteiger partial charge in [-0.05, 0) is 36.2 Å². The minimum atomic E-state index is -1.10. The van der Waals surface area contributed by atoms with Gasteiger partial charge < -0.3 is 18.9 Å². The number of ketones is 1. The summed E-state index contributed by atoms with van der Waals surface area (Å²) < 4.78 is 23.3. The molecule has 4 rings (SSSR count). The molecule has 0 spiro atoms. The van der Waals surface area contributed by atoms with Crippen LogP contribution in [0.3, 0.4) is 0 Å². The molecule has 190 valence electrons. The topological polar surface area (TPSA) is 88.1 Å². The number of hydrogen-bond acceptors (Lipinski definition) is 7. The lowest BCUT2D eigenvalue weighted by molar-refractivity contribution is -0.131. The van der Waals surface area contributed by atoms with Gasteiger partial charge in [0.1, 0.15) is 24.9 Å². The van der Waals surface area contributed by atoms with Gasteiger partial charge in [0.2, 0.25) is 0 Å². The monoisotopic (exact) mass is 500 g/mol. The third-order valence-electron chi connectivity index (χ3n) is 5.89. The van der Waals surface area contributed by atoms with E-state index < -0.39 is 36.4 Å². The Morgan fingerprint density at radius 2 is 1.43 bits per heavy atom. The summed E-state index contributed by atoms with van der Waals surface area (Å²) in [5.74, 6) is -1.50. The highest BCUT2D eigenvalue weighted by molar-refractivity contribution is 5.91. The molecule has 0 aromatic heterocycles. The Kier molecular flexibility index (Phi) is 8.97. The molecule has 1 fully saturated rings. The maximum Gasteiger partial charge on any atom is 0.338 e. The van der Waals surface area contributed by atoms with E-state index in [-0.39, 0.29) is 25.4 Å². The highest BCUT2D eigenvalue weighted by atomic mass is 16.6. The number of benzene rings is 3. The van der Waals surface area contributed by atoms with E-state index in [4.69, 9.17) is 18.9 Å². The van der Waals surface area contributed by atoms with Gasteiger partial charge in [-0.1, -0.05) is 72.8 Å². The Bertz CT molecular complexity index is 1190. The summed E-state index contributed by atoms with van der Waals surface area (Å²) in [6.07, 6.45) is -2.08. The Balaban J connectivity index is 1.56. The Hall–Kier alpha value is -4.07. The first-order valence-corrected chi connectivity index (χ1v) is 12.0. The molecule has 0 aliphatic carbocycles. The fraction of sp³-hybridized carbons (Fsp3) is 0.233. The predicted octanol–water partition coefficient (Wildman–Crippen LogP) is 4.57. The number of esters is 2. The summed E-state index contributed by atoms with van der Waals surface area (Å²) in [6, 6.07) is 26.3. The van der Waals surface area contributed by atoms with Crippen molar-refractivity contribution in [2.45, 2.75) is 37.4 Å². The summed E-state index contributed by atoms with van der Waals surface area (Å²) in [6.45, 7) is 3.53. The molecule has 3 aromatic carbocycles. The number of hydrogen-bond donors (Lipinski definition) is 0. The fourth-order valence-corrected chi connectivity index (χ4v) is 4.01. The van der Waals surface area contributed by atoms with E-state index >= 15 is 0 Å². The molecule has 4 atom stereocenters. The van der Waals surface area contributed by atoms with Crippen LogP contribution in [-0.4, -0.2) is 48.7 Å². The van der Waals surface area contributed by atoms with Crippen molar-refractivity contribution in [1.82, 2.24) is 0 Å². The highest BCUT2D eigenvalue weighted by Gasteiger charge is 2.49. The normalized spacial score (nSPS) is 19.7. The summed E-state index contributed by atoms with van der Waals surface area (Å²) in [7, 11) is 0. The van der Waals surface area contributed by atoms with Crippen LogP contribution in [0.5, 0.6) is 0 Å². The van der Waals surface area contributed by atoms with E-state index in [0.717, 1.165) is 5.56 Å². The first-order chi connectivity index (χ1) is 18.1. The van der Waals surface area contributed by atoms with E-state index in [1.165, 1.54) is 0 Å². The van der Waals surface area contributed by atoms with Crippen molar-refractivity contribution in [1.29, 1.82) is 0 Å². The zero-order valence-electron chi connectivity index (χ0n) is 20.2. The molecular formula is C30H28O7. The quantitative estimate of drug-likeness (QED) is 0.282. The third-order valence-corrected chi connectivity index (χ3v) is 5.89. The molecule has 7 heteroatoms. The highest BCUT2D eigenvalue weighted by Crippen LogP contribution is 2.28. The molecule has 1 saturated heterocycles. The van der Waals surface area contributed by atoms with Crippen molar-refractivity contribution in [3.63, 3.8) is 0 Å². The lowest BCUT2D eigenvalue weighted by Gasteiger charge is -2.27.